The van der Waals surface area contributed by atoms with E-state index in [9.17, 15) is 0 Å². The Hall–Kier alpha value is -0.120. The maximum absolute atomic E-state index is 5.36. The molecule has 2 aliphatic heterocycles. The molecular formula is C10H20N2O. The molecule has 2 heterocycles. The third-order valence-corrected chi connectivity index (χ3v) is 3.36. The molecule has 0 aliphatic carbocycles. The quantitative estimate of drug-likeness (QED) is 0.675. The van der Waals surface area contributed by atoms with Crippen LogP contribution in [0.5, 0.6) is 0 Å². The number of ether oxygens (including phenoxy) is 1. The molecule has 0 amide bonds. The van der Waals surface area contributed by atoms with E-state index in [2.05, 4.69) is 10.2 Å². The third-order valence-electron chi connectivity index (χ3n) is 3.36. The molecule has 3 nitrogen and oxygen atoms in total. The van der Waals surface area contributed by atoms with Crippen molar-refractivity contribution in [3.05, 3.63) is 0 Å². The van der Waals surface area contributed by atoms with Gasteiger partial charge in [-0.15, -0.1) is 0 Å². The highest BCUT2D eigenvalue weighted by molar-refractivity contribution is 4.84. The Morgan fingerprint density at radius 3 is 2.54 bits per heavy atom. The molecule has 0 saturated carbocycles. The van der Waals surface area contributed by atoms with Crippen molar-refractivity contribution in [2.24, 2.45) is 0 Å². The van der Waals surface area contributed by atoms with Crippen molar-refractivity contribution in [3.8, 4) is 0 Å². The largest absolute Gasteiger partial charge is 0.381 e. The van der Waals surface area contributed by atoms with Gasteiger partial charge in [0.15, 0.2) is 0 Å². The first-order valence-corrected chi connectivity index (χ1v) is 5.37. The van der Waals surface area contributed by atoms with Gasteiger partial charge in [-0.3, -0.25) is 4.90 Å². The Morgan fingerprint density at radius 2 is 2.00 bits per heavy atom. The van der Waals surface area contributed by atoms with Crippen molar-refractivity contribution in [2.75, 3.05) is 33.3 Å². The second-order valence-electron chi connectivity index (χ2n) is 4.12. The van der Waals surface area contributed by atoms with Gasteiger partial charge in [-0.2, -0.15) is 0 Å². The first kappa shape index (κ1) is 9.44. The van der Waals surface area contributed by atoms with E-state index in [0.717, 1.165) is 6.04 Å². The molecule has 1 N–H and O–H groups in total. The van der Waals surface area contributed by atoms with E-state index in [-0.39, 0.29) is 0 Å². The van der Waals surface area contributed by atoms with Crippen LogP contribution in [0.3, 0.4) is 0 Å². The van der Waals surface area contributed by atoms with E-state index >= 15 is 0 Å². The standard InChI is InChI=1S/C10H20N2O/c1-13-10-3-6-12(7-4-10)9-2-5-11-8-9/h9-11H,2-8H2,1H3/t9-/m1/s1. The molecule has 0 unspecified atom stereocenters. The van der Waals surface area contributed by atoms with Crippen LogP contribution < -0.4 is 5.32 Å². The van der Waals surface area contributed by atoms with Gasteiger partial charge in [0.1, 0.15) is 0 Å². The molecule has 0 radical (unpaired) electrons. The second kappa shape index (κ2) is 4.40. The number of piperidine rings is 1. The van der Waals surface area contributed by atoms with Crippen LogP contribution >= 0.6 is 0 Å². The van der Waals surface area contributed by atoms with Gasteiger partial charge in [0.05, 0.1) is 6.10 Å². The van der Waals surface area contributed by atoms with E-state index in [0.29, 0.717) is 6.10 Å². The minimum atomic E-state index is 0.519. The summed E-state index contributed by atoms with van der Waals surface area (Å²) >= 11 is 0. The Balaban J connectivity index is 1.77. The van der Waals surface area contributed by atoms with Crippen LogP contribution in [0, 0.1) is 0 Å². The molecule has 0 aromatic heterocycles. The lowest BCUT2D eigenvalue weighted by Gasteiger charge is -2.35. The average molecular weight is 184 g/mol. The van der Waals surface area contributed by atoms with Gasteiger partial charge in [-0.1, -0.05) is 0 Å². The Bertz CT molecular complexity index is 149. The number of likely N-dealkylation sites (tertiary alicyclic amines) is 1. The summed E-state index contributed by atoms with van der Waals surface area (Å²) in [4.78, 5) is 2.62. The van der Waals surface area contributed by atoms with E-state index in [1.165, 1.54) is 45.4 Å². The predicted molar refractivity (Wildman–Crippen MR) is 52.9 cm³/mol. The van der Waals surface area contributed by atoms with E-state index in [1.807, 2.05) is 7.11 Å². The van der Waals surface area contributed by atoms with Gasteiger partial charge < -0.3 is 10.1 Å². The molecule has 3 heteroatoms. The van der Waals surface area contributed by atoms with Crippen LogP contribution in [0.15, 0.2) is 0 Å². The van der Waals surface area contributed by atoms with E-state index in [1.54, 1.807) is 0 Å². The molecule has 0 aromatic rings. The normalized spacial score (nSPS) is 32.5. The minimum Gasteiger partial charge on any atom is -0.381 e. The predicted octanol–water partition coefficient (Wildman–Crippen LogP) is 0.459. The number of methoxy groups -OCH3 is 1. The van der Waals surface area contributed by atoms with Gasteiger partial charge in [0.2, 0.25) is 0 Å². The fraction of sp³-hybridized carbons (Fsp3) is 1.00. The molecule has 2 saturated heterocycles. The summed E-state index contributed by atoms with van der Waals surface area (Å²) < 4.78 is 5.36. The zero-order chi connectivity index (χ0) is 9.10. The summed E-state index contributed by atoms with van der Waals surface area (Å²) in [5, 5.41) is 3.42. The molecule has 0 spiro atoms. The van der Waals surface area contributed by atoms with Gasteiger partial charge in [-0.05, 0) is 25.8 Å². The Morgan fingerprint density at radius 1 is 1.23 bits per heavy atom. The van der Waals surface area contributed by atoms with E-state index in [4.69, 9.17) is 4.74 Å². The summed E-state index contributed by atoms with van der Waals surface area (Å²) in [6.45, 7) is 4.85. The topological polar surface area (TPSA) is 24.5 Å². The number of hydrogen-bond acceptors (Lipinski definition) is 3. The van der Waals surface area contributed by atoms with Crippen molar-refractivity contribution >= 4 is 0 Å². The summed E-state index contributed by atoms with van der Waals surface area (Å²) in [7, 11) is 1.83. The first-order chi connectivity index (χ1) is 6.40. The summed E-state index contributed by atoms with van der Waals surface area (Å²) in [6, 6.07) is 0.804. The third kappa shape index (κ3) is 2.22. The first-order valence-electron chi connectivity index (χ1n) is 5.37. The summed E-state index contributed by atoms with van der Waals surface area (Å²) in [6.07, 6.45) is 4.28. The molecule has 13 heavy (non-hydrogen) atoms. The molecular weight excluding hydrogens is 164 g/mol. The number of nitrogens with zero attached hydrogens (tertiary/aromatic N) is 1. The molecule has 76 valence electrons. The highest BCUT2D eigenvalue weighted by Crippen LogP contribution is 2.17. The van der Waals surface area contributed by atoms with Crippen molar-refractivity contribution in [1.82, 2.24) is 10.2 Å². The maximum Gasteiger partial charge on any atom is 0.0595 e. The number of rotatable bonds is 2. The SMILES string of the molecule is COC1CCN([C@@H]2CCNC2)CC1. The Labute approximate surface area is 80.4 Å². The zero-order valence-corrected chi connectivity index (χ0v) is 8.46. The lowest BCUT2D eigenvalue weighted by molar-refractivity contribution is 0.0299. The summed E-state index contributed by atoms with van der Waals surface area (Å²) in [5.41, 5.74) is 0. The minimum absolute atomic E-state index is 0.519. The van der Waals surface area contributed by atoms with Crippen LogP contribution in [0.1, 0.15) is 19.3 Å². The molecule has 1 atom stereocenters. The number of hydrogen-bond donors (Lipinski definition) is 1. The van der Waals surface area contributed by atoms with Gasteiger partial charge in [0.25, 0.3) is 0 Å². The fourth-order valence-electron chi connectivity index (χ4n) is 2.43. The second-order valence-corrected chi connectivity index (χ2v) is 4.12. The van der Waals surface area contributed by atoms with E-state index < -0.39 is 0 Å². The van der Waals surface area contributed by atoms with Gasteiger partial charge in [0, 0.05) is 32.8 Å². The maximum atomic E-state index is 5.36. The average Bonchev–Trinajstić information content (AvgIpc) is 2.71. The van der Waals surface area contributed by atoms with Crippen LogP contribution in [0.2, 0.25) is 0 Å². The smallest absolute Gasteiger partial charge is 0.0595 e. The Kier molecular flexibility index (Phi) is 3.19. The lowest BCUT2D eigenvalue weighted by Crippen LogP contribution is -2.44. The molecule has 2 fully saturated rings. The molecule has 0 aromatic carbocycles. The fourth-order valence-corrected chi connectivity index (χ4v) is 2.43. The zero-order valence-electron chi connectivity index (χ0n) is 8.46. The lowest BCUT2D eigenvalue weighted by atomic mass is 10.1. The van der Waals surface area contributed by atoms with Crippen LogP contribution in [-0.2, 0) is 4.74 Å². The van der Waals surface area contributed by atoms with Gasteiger partial charge >= 0.3 is 0 Å². The van der Waals surface area contributed by atoms with Crippen LogP contribution in [-0.4, -0.2) is 50.3 Å². The van der Waals surface area contributed by atoms with Crippen LogP contribution in [0.4, 0.5) is 0 Å². The van der Waals surface area contributed by atoms with Crippen molar-refractivity contribution in [2.45, 2.75) is 31.4 Å². The summed E-state index contributed by atoms with van der Waals surface area (Å²) in [5.74, 6) is 0. The molecule has 2 aliphatic rings. The van der Waals surface area contributed by atoms with Crippen molar-refractivity contribution < 1.29 is 4.74 Å². The highest BCUT2D eigenvalue weighted by atomic mass is 16.5. The van der Waals surface area contributed by atoms with Crippen molar-refractivity contribution in [1.29, 1.82) is 0 Å². The van der Waals surface area contributed by atoms with Crippen LogP contribution in [0.25, 0.3) is 0 Å². The molecule has 2 rings (SSSR count). The monoisotopic (exact) mass is 184 g/mol. The number of nitrogens with one attached hydrogen (secondary N) is 1. The molecule has 0 bridgehead atoms. The van der Waals surface area contributed by atoms with Crippen molar-refractivity contribution in [3.63, 3.8) is 0 Å². The highest BCUT2D eigenvalue weighted by Gasteiger charge is 2.26. The van der Waals surface area contributed by atoms with Gasteiger partial charge in [-0.25, -0.2) is 0 Å².